The highest BCUT2D eigenvalue weighted by atomic mass is 16.4. The Labute approximate surface area is 248 Å². The van der Waals surface area contributed by atoms with Crippen molar-refractivity contribution in [3.05, 3.63) is 35.4 Å². The molecule has 0 aliphatic heterocycles. The molecule has 1 aromatic rings. The Hall–Kier alpha value is -1.84. The first-order chi connectivity index (χ1) is 19.1. The van der Waals surface area contributed by atoms with Gasteiger partial charge < -0.3 is 10.2 Å². The van der Waals surface area contributed by atoms with Gasteiger partial charge in [-0.25, -0.2) is 4.79 Å². The highest BCUT2D eigenvalue weighted by molar-refractivity contribution is 5.87. The van der Waals surface area contributed by atoms with E-state index in [1.54, 1.807) is 6.07 Å². The van der Waals surface area contributed by atoms with Gasteiger partial charge in [-0.2, -0.15) is 0 Å². The van der Waals surface area contributed by atoms with Gasteiger partial charge in [0.05, 0.1) is 11.0 Å². The highest BCUT2D eigenvalue weighted by Gasteiger charge is 2.72. The standard InChI is InChI=1S/C37H54O4/c1-22(2)25-13-18-37(32(40)41)20-19-35(6)27(30(25)37)11-12-29-34(5)16-14-26(23-9-8-10-24(21-23)31(38)39)33(3,4)28(34)15-17-36(29,35)7/h8-10,21-22,25-30H,11-20H2,1-7H3,(H,38,39)(H,40,41)/t25?,26-,27-,28+,29?,30-,34+,35-,36-,37+/m1/s1. The van der Waals surface area contributed by atoms with Crippen LogP contribution in [0.15, 0.2) is 24.3 Å². The van der Waals surface area contributed by atoms with Crippen molar-refractivity contribution in [1.82, 2.24) is 0 Å². The van der Waals surface area contributed by atoms with E-state index in [1.165, 1.54) is 37.7 Å². The van der Waals surface area contributed by atoms with Gasteiger partial charge in [0.15, 0.2) is 0 Å². The maximum absolute atomic E-state index is 13.0. The van der Waals surface area contributed by atoms with Gasteiger partial charge in [0.1, 0.15) is 0 Å². The van der Waals surface area contributed by atoms with Crippen molar-refractivity contribution < 1.29 is 19.8 Å². The molecule has 5 saturated carbocycles. The number of benzene rings is 1. The fourth-order valence-corrected chi connectivity index (χ4v) is 13.3. The summed E-state index contributed by atoms with van der Waals surface area (Å²) in [6.07, 6.45) is 11.1. The molecule has 226 valence electrons. The van der Waals surface area contributed by atoms with Crippen LogP contribution in [0.5, 0.6) is 0 Å². The Bertz CT molecular complexity index is 1230. The molecule has 0 aromatic heterocycles. The quantitative estimate of drug-likeness (QED) is 0.383. The molecular formula is C37H54O4. The lowest BCUT2D eigenvalue weighted by atomic mass is 9.31. The van der Waals surface area contributed by atoms with E-state index in [9.17, 15) is 19.8 Å². The van der Waals surface area contributed by atoms with Gasteiger partial charge >= 0.3 is 11.9 Å². The van der Waals surface area contributed by atoms with Crippen LogP contribution >= 0.6 is 0 Å². The van der Waals surface area contributed by atoms with Crippen LogP contribution < -0.4 is 0 Å². The smallest absolute Gasteiger partial charge is 0.335 e. The van der Waals surface area contributed by atoms with Gasteiger partial charge in [0.2, 0.25) is 0 Å². The van der Waals surface area contributed by atoms with Crippen LogP contribution in [0.4, 0.5) is 0 Å². The van der Waals surface area contributed by atoms with E-state index in [0.717, 1.165) is 32.1 Å². The first kappa shape index (κ1) is 29.2. The van der Waals surface area contributed by atoms with Crippen LogP contribution in [-0.2, 0) is 4.79 Å². The Morgan fingerprint density at radius 3 is 2.20 bits per heavy atom. The summed E-state index contributed by atoms with van der Waals surface area (Å²) in [7, 11) is 0. The maximum Gasteiger partial charge on any atom is 0.335 e. The van der Waals surface area contributed by atoms with Crippen LogP contribution in [0.1, 0.15) is 135 Å². The molecule has 2 unspecified atom stereocenters. The fraction of sp³-hybridized carbons (Fsp3) is 0.784. The average Bonchev–Trinajstić information content (AvgIpc) is 3.30. The summed E-state index contributed by atoms with van der Waals surface area (Å²) in [4.78, 5) is 24.7. The molecular weight excluding hydrogens is 508 g/mol. The topological polar surface area (TPSA) is 74.6 Å². The second-order valence-corrected chi connectivity index (χ2v) is 16.9. The monoisotopic (exact) mass is 562 g/mol. The molecule has 2 N–H and O–H groups in total. The third-order valence-electron chi connectivity index (χ3n) is 15.3. The average molecular weight is 563 g/mol. The normalized spacial score (nSPS) is 46.6. The van der Waals surface area contributed by atoms with Crippen molar-refractivity contribution in [2.75, 3.05) is 0 Å². The van der Waals surface area contributed by atoms with Gasteiger partial charge in [-0.15, -0.1) is 0 Å². The molecule has 1 aromatic carbocycles. The van der Waals surface area contributed by atoms with Crippen LogP contribution in [-0.4, -0.2) is 22.2 Å². The molecule has 0 bridgehead atoms. The lowest BCUT2D eigenvalue weighted by molar-refractivity contribution is -0.241. The number of carboxylic acid groups (broad SMARTS) is 2. The summed E-state index contributed by atoms with van der Waals surface area (Å²) >= 11 is 0. The lowest BCUT2D eigenvalue weighted by Crippen LogP contribution is -2.66. The van der Waals surface area contributed by atoms with Crippen molar-refractivity contribution >= 4 is 11.9 Å². The largest absolute Gasteiger partial charge is 0.481 e. The highest BCUT2D eigenvalue weighted by Crippen LogP contribution is 2.78. The summed E-state index contributed by atoms with van der Waals surface area (Å²) in [5.74, 6) is 2.15. The summed E-state index contributed by atoms with van der Waals surface area (Å²) in [6, 6.07) is 7.73. The third kappa shape index (κ3) is 3.76. The van der Waals surface area contributed by atoms with Gasteiger partial charge in [-0.1, -0.05) is 60.6 Å². The summed E-state index contributed by atoms with van der Waals surface area (Å²) in [5, 5.41) is 20.3. The zero-order chi connectivity index (χ0) is 29.8. The first-order valence-electron chi connectivity index (χ1n) is 16.7. The van der Waals surface area contributed by atoms with Crippen LogP contribution in [0.3, 0.4) is 0 Å². The van der Waals surface area contributed by atoms with Gasteiger partial charge in [-0.05, 0) is 145 Å². The Morgan fingerprint density at radius 1 is 0.805 bits per heavy atom. The molecule has 0 radical (unpaired) electrons. The zero-order valence-corrected chi connectivity index (χ0v) is 26.6. The molecule has 4 heteroatoms. The Balaban J connectivity index is 1.35. The summed E-state index contributed by atoms with van der Waals surface area (Å²) in [5.41, 5.74) is 1.83. The van der Waals surface area contributed by atoms with Gasteiger partial charge in [-0.3, -0.25) is 4.79 Å². The Kier molecular flexibility index (Phi) is 6.65. The second-order valence-electron chi connectivity index (χ2n) is 16.9. The molecule has 6 rings (SSSR count). The van der Waals surface area contributed by atoms with Crippen LogP contribution in [0, 0.1) is 62.6 Å². The minimum Gasteiger partial charge on any atom is -0.481 e. The van der Waals surface area contributed by atoms with E-state index in [2.05, 4.69) is 54.5 Å². The van der Waals surface area contributed by atoms with E-state index in [-0.39, 0.29) is 21.7 Å². The minimum atomic E-state index is -0.842. The number of carbonyl (C=O) groups is 2. The van der Waals surface area contributed by atoms with Crippen molar-refractivity contribution in [1.29, 1.82) is 0 Å². The molecule has 41 heavy (non-hydrogen) atoms. The number of hydrogen-bond acceptors (Lipinski definition) is 2. The number of carboxylic acids is 2. The van der Waals surface area contributed by atoms with E-state index in [0.29, 0.717) is 47.0 Å². The molecule has 5 aliphatic rings. The molecule has 5 aliphatic carbocycles. The van der Waals surface area contributed by atoms with E-state index >= 15 is 0 Å². The summed E-state index contributed by atoms with van der Waals surface area (Å²) < 4.78 is 0. The van der Waals surface area contributed by atoms with Crippen molar-refractivity contribution in [2.45, 2.75) is 119 Å². The zero-order valence-electron chi connectivity index (χ0n) is 26.6. The van der Waals surface area contributed by atoms with E-state index < -0.39 is 17.4 Å². The molecule has 5 fully saturated rings. The Morgan fingerprint density at radius 2 is 1.54 bits per heavy atom. The molecule has 0 spiro atoms. The molecule has 0 heterocycles. The van der Waals surface area contributed by atoms with Crippen LogP contribution in [0.25, 0.3) is 0 Å². The first-order valence-corrected chi connectivity index (χ1v) is 16.7. The predicted molar refractivity (Wildman–Crippen MR) is 163 cm³/mol. The SMILES string of the molecule is CC(C)C1CC[C@]2(C(=O)O)CC[C@]3(C)[C@H](CCC4[C@@]5(C)CC[C@H](c6cccc(C(=O)O)c6)C(C)(C)[C@@H]5CC[C@]43C)[C@@H]12. The minimum absolute atomic E-state index is 0.0857. The van der Waals surface area contributed by atoms with Crippen LogP contribution in [0.2, 0.25) is 0 Å². The van der Waals surface area contributed by atoms with Crippen molar-refractivity contribution in [2.24, 2.45) is 62.6 Å². The van der Waals surface area contributed by atoms with Gasteiger partial charge in [0.25, 0.3) is 0 Å². The maximum atomic E-state index is 13.0. The lowest BCUT2D eigenvalue weighted by Gasteiger charge is -2.73. The molecule has 4 nitrogen and oxygen atoms in total. The molecule has 10 atom stereocenters. The third-order valence-corrected chi connectivity index (χ3v) is 15.3. The number of fused-ring (bicyclic) bond motifs is 7. The number of aliphatic carboxylic acids is 1. The number of aromatic carboxylic acids is 1. The fourth-order valence-electron chi connectivity index (χ4n) is 13.3. The van der Waals surface area contributed by atoms with Crippen molar-refractivity contribution in [3.63, 3.8) is 0 Å². The number of hydrogen-bond donors (Lipinski definition) is 2. The number of rotatable bonds is 4. The second kappa shape index (κ2) is 9.33. The van der Waals surface area contributed by atoms with Gasteiger partial charge in [0, 0.05) is 0 Å². The summed E-state index contributed by atoms with van der Waals surface area (Å²) in [6.45, 7) is 17.5. The molecule has 0 amide bonds. The van der Waals surface area contributed by atoms with E-state index in [1.807, 2.05) is 12.1 Å². The van der Waals surface area contributed by atoms with E-state index in [4.69, 9.17) is 0 Å². The molecule has 0 saturated heterocycles. The van der Waals surface area contributed by atoms with Crippen molar-refractivity contribution in [3.8, 4) is 0 Å². The predicted octanol–water partition coefficient (Wildman–Crippen LogP) is 9.29.